The molecule has 0 radical (unpaired) electrons. The molecule has 12 heteroatoms. The summed E-state index contributed by atoms with van der Waals surface area (Å²) in [5.74, 6) is -2.36. The van der Waals surface area contributed by atoms with Gasteiger partial charge in [-0.05, 0) is 39.0 Å². The van der Waals surface area contributed by atoms with Crippen LogP contribution in [0.4, 0.5) is 18.3 Å². The van der Waals surface area contributed by atoms with E-state index in [1.54, 1.807) is 12.3 Å². The maximum absolute atomic E-state index is 13.1. The van der Waals surface area contributed by atoms with E-state index < -0.39 is 29.4 Å². The molecule has 2 heterocycles. The van der Waals surface area contributed by atoms with E-state index >= 15 is 0 Å². The lowest BCUT2D eigenvalue weighted by Gasteiger charge is -2.10. The van der Waals surface area contributed by atoms with Crippen molar-refractivity contribution in [2.24, 2.45) is 0 Å². The molecule has 174 valence electrons. The standard InChI is InChI=1S/C21H19F3N4O4S/c1-4-32-16(29)9-14-10-33-20(25-14)26-19(31)18(30)17-11(2)27-28(12(17)3)15-7-5-6-13(8-15)21(22,23)24/h5-8,10H,4,9H2,1-3H3,(H,25,26,31). The maximum atomic E-state index is 13.1. The lowest BCUT2D eigenvalue weighted by Crippen LogP contribution is -2.24. The fourth-order valence-electron chi connectivity index (χ4n) is 3.11. The first-order valence-electron chi connectivity index (χ1n) is 9.70. The SMILES string of the molecule is CCOC(=O)Cc1csc(NC(=O)C(=O)c2c(C)nn(-c3cccc(C(F)(F)F)c3)c2C)n1. The zero-order valence-electron chi connectivity index (χ0n) is 17.8. The van der Waals surface area contributed by atoms with E-state index in [1.807, 2.05) is 0 Å². The van der Waals surface area contributed by atoms with Crippen molar-refractivity contribution in [2.75, 3.05) is 11.9 Å². The zero-order chi connectivity index (χ0) is 24.3. The van der Waals surface area contributed by atoms with Crippen LogP contribution in [0, 0.1) is 13.8 Å². The second-order valence-corrected chi connectivity index (χ2v) is 7.77. The van der Waals surface area contributed by atoms with Crippen molar-refractivity contribution < 1.29 is 32.3 Å². The van der Waals surface area contributed by atoms with Crippen molar-refractivity contribution in [2.45, 2.75) is 33.4 Å². The number of Topliss-reactive ketones (excluding diaryl/α,β-unsaturated/α-hetero) is 1. The van der Waals surface area contributed by atoms with Gasteiger partial charge < -0.3 is 4.74 Å². The Morgan fingerprint density at radius 2 is 1.94 bits per heavy atom. The van der Waals surface area contributed by atoms with Crippen LogP contribution in [-0.2, 0) is 26.9 Å². The van der Waals surface area contributed by atoms with Gasteiger partial charge >= 0.3 is 12.1 Å². The Labute approximate surface area is 190 Å². The molecule has 3 rings (SSSR count). The molecular formula is C21H19F3N4O4S. The minimum absolute atomic E-state index is 0.0202. The number of halogens is 3. The highest BCUT2D eigenvalue weighted by Crippen LogP contribution is 2.31. The number of alkyl halides is 3. The average molecular weight is 480 g/mol. The van der Waals surface area contributed by atoms with Crippen LogP contribution in [0.2, 0.25) is 0 Å². The third-order valence-electron chi connectivity index (χ3n) is 4.55. The number of nitrogens with zero attached hydrogens (tertiary/aromatic N) is 3. The van der Waals surface area contributed by atoms with Crippen molar-refractivity contribution in [1.29, 1.82) is 0 Å². The summed E-state index contributed by atoms with van der Waals surface area (Å²) in [7, 11) is 0. The summed E-state index contributed by atoms with van der Waals surface area (Å²) in [5.41, 5.74) is 0.00873. The summed E-state index contributed by atoms with van der Waals surface area (Å²) in [6.07, 6.45) is -4.61. The van der Waals surface area contributed by atoms with Gasteiger partial charge in [0.15, 0.2) is 5.13 Å². The summed E-state index contributed by atoms with van der Waals surface area (Å²) in [4.78, 5) is 40.9. The highest BCUT2D eigenvalue weighted by atomic mass is 32.1. The third-order valence-corrected chi connectivity index (χ3v) is 5.35. The first kappa shape index (κ1) is 24.1. The predicted molar refractivity (Wildman–Crippen MR) is 113 cm³/mol. The van der Waals surface area contributed by atoms with Gasteiger partial charge in [-0.15, -0.1) is 11.3 Å². The number of anilines is 1. The van der Waals surface area contributed by atoms with Gasteiger partial charge in [0.25, 0.3) is 11.7 Å². The number of carbonyl (C=O) groups is 3. The summed E-state index contributed by atoms with van der Waals surface area (Å²) < 4.78 is 45.2. The normalized spacial score (nSPS) is 11.3. The molecule has 0 saturated carbocycles. The second kappa shape index (κ2) is 9.53. The number of amides is 1. The number of esters is 1. The Hall–Kier alpha value is -3.54. The van der Waals surface area contributed by atoms with Crippen LogP contribution in [-0.4, -0.2) is 39.0 Å². The molecule has 0 aliphatic carbocycles. The van der Waals surface area contributed by atoms with Gasteiger partial charge in [0.2, 0.25) is 0 Å². The highest BCUT2D eigenvalue weighted by Gasteiger charge is 2.31. The molecule has 2 aromatic heterocycles. The maximum Gasteiger partial charge on any atom is 0.416 e. The number of carbonyl (C=O) groups excluding carboxylic acids is 3. The number of thiazole rings is 1. The molecule has 1 N–H and O–H groups in total. The average Bonchev–Trinajstić information content (AvgIpc) is 3.30. The van der Waals surface area contributed by atoms with E-state index in [4.69, 9.17) is 4.74 Å². The number of ketones is 1. The minimum Gasteiger partial charge on any atom is -0.466 e. The molecule has 0 fully saturated rings. The Balaban J connectivity index is 1.80. The van der Waals surface area contributed by atoms with Crippen LogP contribution >= 0.6 is 11.3 Å². The van der Waals surface area contributed by atoms with E-state index in [0.29, 0.717) is 5.69 Å². The summed E-state index contributed by atoms with van der Waals surface area (Å²) >= 11 is 1.03. The van der Waals surface area contributed by atoms with Crippen molar-refractivity contribution >= 4 is 34.1 Å². The smallest absolute Gasteiger partial charge is 0.416 e. The third kappa shape index (κ3) is 5.45. The molecule has 3 aromatic rings. The number of ether oxygens (including phenoxy) is 1. The lowest BCUT2D eigenvalue weighted by molar-refractivity contribution is -0.142. The van der Waals surface area contributed by atoms with Crippen LogP contribution in [0.25, 0.3) is 5.69 Å². The molecule has 1 amide bonds. The van der Waals surface area contributed by atoms with Gasteiger partial charge in [0.05, 0.1) is 46.9 Å². The first-order valence-corrected chi connectivity index (χ1v) is 10.6. The van der Waals surface area contributed by atoms with E-state index in [1.165, 1.54) is 30.7 Å². The fourth-order valence-corrected chi connectivity index (χ4v) is 3.81. The Kier molecular flexibility index (Phi) is 6.96. The largest absolute Gasteiger partial charge is 0.466 e. The number of nitrogens with one attached hydrogen (secondary N) is 1. The van der Waals surface area contributed by atoms with E-state index in [0.717, 1.165) is 23.5 Å². The quantitative estimate of drug-likeness (QED) is 0.313. The summed E-state index contributed by atoms with van der Waals surface area (Å²) in [5, 5.41) is 8.21. The molecule has 0 spiro atoms. The monoisotopic (exact) mass is 480 g/mol. The van der Waals surface area contributed by atoms with Crippen LogP contribution < -0.4 is 5.32 Å². The van der Waals surface area contributed by atoms with E-state index in [2.05, 4.69) is 15.4 Å². The van der Waals surface area contributed by atoms with Crippen LogP contribution in [0.15, 0.2) is 29.6 Å². The molecular weight excluding hydrogens is 461 g/mol. The first-order chi connectivity index (χ1) is 15.5. The molecule has 1 aromatic carbocycles. The number of benzene rings is 1. The zero-order valence-corrected chi connectivity index (χ0v) is 18.6. The topological polar surface area (TPSA) is 103 Å². The minimum atomic E-state index is -4.54. The molecule has 8 nitrogen and oxygen atoms in total. The van der Waals surface area contributed by atoms with E-state index in [9.17, 15) is 27.6 Å². The molecule has 0 atom stereocenters. The van der Waals surface area contributed by atoms with Gasteiger partial charge in [-0.1, -0.05) is 6.07 Å². The molecule has 0 saturated heterocycles. The van der Waals surface area contributed by atoms with Crippen molar-refractivity contribution in [3.8, 4) is 5.69 Å². The molecule has 0 aliphatic heterocycles. The number of hydrogen-bond acceptors (Lipinski definition) is 7. The second-order valence-electron chi connectivity index (χ2n) is 6.91. The van der Waals surface area contributed by atoms with Gasteiger partial charge in [-0.25, -0.2) is 9.67 Å². The van der Waals surface area contributed by atoms with Crippen LogP contribution in [0.3, 0.4) is 0 Å². The fraction of sp³-hybridized carbons (Fsp3) is 0.286. The number of hydrogen-bond donors (Lipinski definition) is 1. The number of rotatable bonds is 7. The lowest BCUT2D eigenvalue weighted by atomic mass is 10.1. The van der Waals surface area contributed by atoms with Crippen molar-refractivity contribution in [3.05, 3.63) is 57.9 Å². The molecule has 0 bridgehead atoms. The number of aromatic nitrogens is 3. The highest BCUT2D eigenvalue weighted by molar-refractivity contribution is 7.14. The van der Waals surface area contributed by atoms with Gasteiger partial charge in [-0.3, -0.25) is 19.7 Å². The van der Waals surface area contributed by atoms with Gasteiger partial charge in [-0.2, -0.15) is 18.3 Å². The Morgan fingerprint density at radius 3 is 2.61 bits per heavy atom. The predicted octanol–water partition coefficient (Wildman–Crippen LogP) is 3.89. The van der Waals surface area contributed by atoms with Crippen molar-refractivity contribution in [1.82, 2.24) is 14.8 Å². The van der Waals surface area contributed by atoms with Crippen LogP contribution in [0.5, 0.6) is 0 Å². The Morgan fingerprint density at radius 1 is 1.21 bits per heavy atom. The Bertz CT molecular complexity index is 1220. The molecule has 0 aliphatic rings. The van der Waals surface area contributed by atoms with E-state index in [-0.39, 0.29) is 40.8 Å². The summed E-state index contributed by atoms with van der Waals surface area (Å²) in [6.45, 7) is 4.88. The molecule has 33 heavy (non-hydrogen) atoms. The summed E-state index contributed by atoms with van der Waals surface area (Å²) in [6, 6.07) is 4.50. The van der Waals surface area contributed by atoms with Gasteiger partial charge in [0, 0.05) is 5.38 Å². The van der Waals surface area contributed by atoms with Crippen molar-refractivity contribution in [3.63, 3.8) is 0 Å². The molecule has 0 unspecified atom stereocenters. The van der Waals surface area contributed by atoms with Crippen LogP contribution in [0.1, 0.15) is 39.9 Å². The van der Waals surface area contributed by atoms with Gasteiger partial charge in [0.1, 0.15) is 0 Å². The number of aryl methyl sites for hydroxylation is 1.